The van der Waals surface area contributed by atoms with Crippen molar-refractivity contribution in [2.75, 3.05) is 7.11 Å². The van der Waals surface area contributed by atoms with Crippen LogP contribution in [0.3, 0.4) is 0 Å². The molecule has 0 aliphatic carbocycles. The molecule has 0 saturated carbocycles. The van der Waals surface area contributed by atoms with Crippen molar-refractivity contribution in [2.24, 2.45) is 0 Å². The zero-order valence-corrected chi connectivity index (χ0v) is 10.9. The van der Waals surface area contributed by atoms with Crippen LogP contribution in [0.4, 0.5) is 4.39 Å². The van der Waals surface area contributed by atoms with E-state index in [1.54, 1.807) is 24.4 Å². The minimum atomic E-state index is -0.426. The Labute approximate surface area is 115 Å². The summed E-state index contributed by atoms with van der Waals surface area (Å²) in [4.78, 5) is 4.45. The molecule has 3 aromatic rings. The third-order valence-electron chi connectivity index (χ3n) is 3.18. The summed E-state index contributed by atoms with van der Waals surface area (Å²) in [6, 6.07) is 8.35. The van der Waals surface area contributed by atoms with Crippen molar-refractivity contribution in [1.29, 1.82) is 0 Å². The predicted octanol–water partition coefficient (Wildman–Crippen LogP) is 2.64. The molecule has 4 nitrogen and oxygen atoms in total. The van der Waals surface area contributed by atoms with E-state index >= 15 is 0 Å². The van der Waals surface area contributed by atoms with Gasteiger partial charge in [0.15, 0.2) is 11.6 Å². The minimum absolute atomic E-state index is 0.0855. The summed E-state index contributed by atoms with van der Waals surface area (Å²) < 4.78 is 20.4. The Balaban J connectivity index is 2.12. The fourth-order valence-corrected chi connectivity index (χ4v) is 2.16. The van der Waals surface area contributed by atoms with Crippen molar-refractivity contribution in [3.63, 3.8) is 0 Å². The van der Waals surface area contributed by atoms with E-state index in [2.05, 4.69) is 4.98 Å². The summed E-state index contributed by atoms with van der Waals surface area (Å²) in [5.41, 5.74) is 2.71. The number of methoxy groups -OCH3 is 1. The minimum Gasteiger partial charge on any atom is -0.494 e. The number of hydrogen-bond acceptors (Lipinski definition) is 3. The first-order valence-electron chi connectivity index (χ1n) is 6.14. The van der Waals surface area contributed by atoms with Crippen LogP contribution in [0.2, 0.25) is 0 Å². The van der Waals surface area contributed by atoms with Crippen LogP contribution in [-0.2, 0) is 6.61 Å². The molecule has 0 atom stereocenters. The number of aliphatic hydroxyl groups excluding tert-OH is 1. The van der Waals surface area contributed by atoms with Crippen molar-refractivity contribution in [3.8, 4) is 17.0 Å². The van der Waals surface area contributed by atoms with Gasteiger partial charge in [-0.3, -0.25) is 0 Å². The maximum atomic E-state index is 13.7. The smallest absolute Gasteiger partial charge is 0.165 e. The highest BCUT2D eigenvalue weighted by Crippen LogP contribution is 2.25. The molecular weight excluding hydrogens is 259 g/mol. The van der Waals surface area contributed by atoms with Gasteiger partial charge >= 0.3 is 0 Å². The number of aliphatic hydroxyl groups is 1. The second-order valence-corrected chi connectivity index (χ2v) is 4.40. The molecule has 0 radical (unpaired) electrons. The molecule has 0 aliphatic heterocycles. The molecule has 0 saturated heterocycles. The molecule has 5 heteroatoms. The third kappa shape index (κ3) is 2.02. The lowest BCUT2D eigenvalue weighted by atomic mass is 10.1. The number of rotatable bonds is 3. The molecule has 2 aromatic heterocycles. The van der Waals surface area contributed by atoms with Gasteiger partial charge in [0.05, 0.1) is 19.4 Å². The van der Waals surface area contributed by atoms with Crippen LogP contribution in [0, 0.1) is 5.82 Å². The lowest BCUT2D eigenvalue weighted by Gasteiger charge is -2.02. The van der Waals surface area contributed by atoms with E-state index in [-0.39, 0.29) is 12.4 Å². The SMILES string of the molecule is COc1ccc(-c2cn3cccc(CO)c3n2)cc1F. The Hall–Kier alpha value is -2.40. The van der Waals surface area contributed by atoms with E-state index in [0.717, 1.165) is 5.56 Å². The predicted molar refractivity (Wildman–Crippen MR) is 73.1 cm³/mol. The first-order chi connectivity index (χ1) is 9.72. The van der Waals surface area contributed by atoms with Gasteiger partial charge in [0.25, 0.3) is 0 Å². The molecule has 0 bridgehead atoms. The normalized spacial score (nSPS) is 10.9. The number of benzene rings is 1. The van der Waals surface area contributed by atoms with Gasteiger partial charge in [0, 0.05) is 23.5 Å². The summed E-state index contributed by atoms with van der Waals surface area (Å²) >= 11 is 0. The number of fused-ring (bicyclic) bond motifs is 1. The van der Waals surface area contributed by atoms with Gasteiger partial charge in [-0.15, -0.1) is 0 Å². The van der Waals surface area contributed by atoms with Crippen LogP contribution < -0.4 is 4.74 Å². The second-order valence-electron chi connectivity index (χ2n) is 4.40. The fraction of sp³-hybridized carbons (Fsp3) is 0.133. The van der Waals surface area contributed by atoms with Gasteiger partial charge in [0.2, 0.25) is 0 Å². The lowest BCUT2D eigenvalue weighted by Crippen LogP contribution is -1.90. The van der Waals surface area contributed by atoms with Crippen LogP contribution >= 0.6 is 0 Å². The molecule has 0 amide bonds. The number of hydrogen-bond donors (Lipinski definition) is 1. The molecule has 20 heavy (non-hydrogen) atoms. The molecule has 1 aromatic carbocycles. The molecule has 0 spiro atoms. The Morgan fingerprint density at radius 2 is 2.20 bits per heavy atom. The van der Waals surface area contributed by atoms with Gasteiger partial charge in [-0.25, -0.2) is 9.37 Å². The van der Waals surface area contributed by atoms with Crippen LogP contribution in [-0.4, -0.2) is 21.6 Å². The van der Waals surface area contributed by atoms with Crippen molar-refractivity contribution in [3.05, 3.63) is 54.1 Å². The fourth-order valence-electron chi connectivity index (χ4n) is 2.16. The second kappa shape index (κ2) is 4.94. The number of pyridine rings is 1. The summed E-state index contributed by atoms with van der Waals surface area (Å²) in [5.74, 6) is -0.224. The van der Waals surface area contributed by atoms with E-state index in [1.807, 2.05) is 16.7 Å². The maximum Gasteiger partial charge on any atom is 0.165 e. The first-order valence-corrected chi connectivity index (χ1v) is 6.14. The Morgan fingerprint density at radius 1 is 1.35 bits per heavy atom. The van der Waals surface area contributed by atoms with Gasteiger partial charge in [-0.2, -0.15) is 0 Å². The Bertz CT molecular complexity index is 768. The molecular formula is C15H13FN2O2. The maximum absolute atomic E-state index is 13.7. The highest BCUT2D eigenvalue weighted by atomic mass is 19.1. The summed E-state index contributed by atoms with van der Waals surface area (Å²) in [5, 5.41) is 9.30. The standard InChI is InChI=1S/C15H13FN2O2/c1-20-14-5-4-10(7-12(14)16)13-8-18-6-2-3-11(9-19)15(18)17-13/h2-8,19H,9H2,1H3. The Kier molecular flexibility index (Phi) is 3.12. The van der Waals surface area contributed by atoms with Gasteiger partial charge in [-0.05, 0) is 24.3 Å². The topological polar surface area (TPSA) is 46.8 Å². The van der Waals surface area contributed by atoms with Gasteiger partial charge in [-0.1, -0.05) is 6.07 Å². The molecule has 0 aliphatic rings. The lowest BCUT2D eigenvalue weighted by molar-refractivity contribution is 0.282. The molecule has 3 rings (SSSR count). The van der Waals surface area contributed by atoms with Gasteiger partial charge < -0.3 is 14.2 Å². The third-order valence-corrected chi connectivity index (χ3v) is 3.18. The number of aromatic nitrogens is 2. The molecule has 0 unspecified atom stereocenters. The number of imidazole rings is 1. The number of halogens is 1. The van der Waals surface area contributed by atoms with Gasteiger partial charge in [0.1, 0.15) is 5.65 Å². The molecule has 0 fully saturated rings. The van der Waals surface area contributed by atoms with Crippen LogP contribution in [0.15, 0.2) is 42.7 Å². The van der Waals surface area contributed by atoms with E-state index < -0.39 is 5.82 Å². The van der Waals surface area contributed by atoms with Crippen LogP contribution in [0.25, 0.3) is 16.9 Å². The van der Waals surface area contributed by atoms with Crippen LogP contribution in [0.1, 0.15) is 5.56 Å². The molecule has 102 valence electrons. The van der Waals surface area contributed by atoms with Crippen molar-refractivity contribution >= 4 is 5.65 Å². The quantitative estimate of drug-likeness (QED) is 0.797. The molecule has 1 N–H and O–H groups in total. The monoisotopic (exact) mass is 272 g/mol. The van der Waals surface area contributed by atoms with Crippen LogP contribution in [0.5, 0.6) is 5.75 Å². The average Bonchev–Trinajstić information content (AvgIpc) is 2.91. The van der Waals surface area contributed by atoms with Crippen molar-refractivity contribution in [2.45, 2.75) is 6.61 Å². The zero-order valence-electron chi connectivity index (χ0n) is 10.9. The first kappa shape index (κ1) is 12.6. The Morgan fingerprint density at radius 3 is 2.90 bits per heavy atom. The van der Waals surface area contributed by atoms with E-state index in [0.29, 0.717) is 16.9 Å². The zero-order chi connectivity index (χ0) is 14.1. The summed E-state index contributed by atoms with van der Waals surface area (Å²) in [6.07, 6.45) is 3.64. The van der Waals surface area contributed by atoms with E-state index in [9.17, 15) is 9.50 Å². The highest BCUT2D eigenvalue weighted by molar-refractivity contribution is 5.65. The van der Waals surface area contributed by atoms with Crippen molar-refractivity contribution in [1.82, 2.24) is 9.38 Å². The van der Waals surface area contributed by atoms with E-state index in [4.69, 9.17) is 4.74 Å². The number of nitrogens with zero attached hydrogens (tertiary/aromatic N) is 2. The summed E-state index contributed by atoms with van der Waals surface area (Å²) in [7, 11) is 1.43. The average molecular weight is 272 g/mol. The summed E-state index contributed by atoms with van der Waals surface area (Å²) in [6.45, 7) is -0.0855. The van der Waals surface area contributed by atoms with E-state index in [1.165, 1.54) is 13.2 Å². The molecule has 2 heterocycles. The number of ether oxygens (including phenoxy) is 1. The van der Waals surface area contributed by atoms with Crippen molar-refractivity contribution < 1.29 is 14.2 Å². The highest BCUT2D eigenvalue weighted by Gasteiger charge is 2.10. The largest absolute Gasteiger partial charge is 0.494 e.